The van der Waals surface area contributed by atoms with Gasteiger partial charge in [-0.2, -0.15) is 0 Å². The van der Waals surface area contributed by atoms with Gasteiger partial charge in [-0.15, -0.1) is 0 Å². The summed E-state index contributed by atoms with van der Waals surface area (Å²) >= 11 is 0. The van der Waals surface area contributed by atoms with Gasteiger partial charge in [-0.1, -0.05) is 12.8 Å². The Bertz CT molecular complexity index is 125. The van der Waals surface area contributed by atoms with Gasteiger partial charge in [0, 0.05) is 6.92 Å². The lowest BCUT2D eigenvalue weighted by atomic mass is 10.3. The molecule has 0 heterocycles. The molecule has 1 aliphatic rings. The zero-order chi connectivity index (χ0) is 7.40. The van der Waals surface area contributed by atoms with Crippen molar-refractivity contribution in [1.82, 2.24) is 0 Å². The maximum atomic E-state index is 4.96. The highest BCUT2D eigenvalue weighted by Crippen LogP contribution is 2.20. The van der Waals surface area contributed by atoms with Crippen molar-refractivity contribution in [2.24, 2.45) is 4.99 Å². The molecule has 0 amide bonds. The molecular weight excluding hydrogens is 126 g/mol. The van der Waals surface area contributed by atoms with Gasteiger partial charge in [0.25, 0.3) is 0 Å². The van der Waals surface area contributed by atoms with Crippen molar-refractivity contribution in [2.45, 2.75) is 38.6 Å². The van der Waals surface area contributed by atoms with Gasteiger partial charge in [-0.25, -0.2) is 0 Å². The van der Waals surface area contributed by atoms with Crippen LogP contribution >= 0.6 is 0 Å². The third-order valence-corrected chi connectivity index (χ3v) is 1.98. The van der Waals surface area contributed by atoms with Gasteiger partial charge in [-0.3, -0.25) is 4.99 Å². The molecule has 10 heavy (non-hydrogen) atoms. The van der Waals surface area contributed by atoms with Gasteiger partial charge in [0.2, 0.25) is 0 Å². The van der Waals surface area contributed by atoms with E-state index < -0.39 is 0 Å². The Morgan fingerprint density at radius 1 is 1.40 bits per heavy atom. The summed E-state index contributed by atoms with van der Waals surface area (Å²) in [5.41, 5.74) is 0. The molecule has 0 spiro atoms. The van der Waals surface area contributed by atoms with Crippen LogP contribution in [0.5, 0.6) is 0 Å². The van der Waals surface area contributed by atoms with Gasteiger partial charge in [0.15, 0.2) is 5.90 Å². The van der Waals surface area contributed by atoms with Crippen molar-refractivity contribution >= 4 is 5.90 Å². The molecule has 2 nitrogen and oxygen atoms in total. The molecule has 0 bridgehead atoms. The number of methoxy groups -OCH3 is 1. The summed E-state index contributed by atoms with van der Waals surface area (Å²) in [6, 6.07) is 0.556. The molecule has 0 unspecified atom stereocenters. The standard InChI is InChI=1S/C8H15NO/c1-7(10-2)9-8-5-3-4-6-8/h8H,3-6H2,1-2H3. The lowest BCUT2D eigenvalue weighted by Gasteiger charge is -2.03. The van der Waals surface area contributed by atoms with E-state index in [-0.39, 0.29) is 0 Å². The molecule has 1 aliphatic carbocycles. The zero-order valence-electron chi connectivity index (χ0n) is 6.76. The Balaban J connectivity index is 2.34. The lowest BCUT2D eigenvalue weighted by Crippen LogP contribution is -2.03. The predicted molar refractivity (Wildman–Crippen MR) is 42.4 cm³/mol. The number of hydrogen-bond acceptors (Lipinski definition) is 2. The molecule has 1 fully saturated rings. The molecule has 1 rings (SSSR count). The monoisotopic (exact) mass is 141 g/mol. The maximum absolute atomic E-state index is 4.96. The third-order valence-electron chi connectivity index (χ3n) is 1.98. The van der Waals surface area contributed by atoms with Crippen molar-refractivity contribution < 1.29 is 4.74 Å². The molecule has 2 heteroatoms. The summed E-state index contributed by atoms with van der Waals surface area (Å²) in [4.78, 5) is 4.39. The van der Waals surface area contributed by atoms with Crippen molar-refractivity contribution in [2.75, 3.05) is 7.11 Å². The van der Waals surface area contributed by atoms with Crippen molar-refractivity contribution in [3.05, 3.63) is 0 Å². The predicted octanol–water partition coefficient (Wildman–Crippen LogP) is 1.99. The highest BCUT2D eigenvalue weighted by Gasteiger charge is 2.13. The first-order chi connectivity index (χ1) is 4.83. The van der Waals surface area contributed by atoms with Gasteiger partial charge >= 0.3 is 0 Å². The van der Waals surface area contributed by atoms with Crippen LogP contribution in [0.2, 0.25) is 0 Å². The van der Waals surface area contributed by atoms with E-state index in [1.54, 1.807) is 7.11 Å². The average Bonchev–Trinajstić information content (AvgIpc) is 2.40. The second-order valence-corrected chi connectivity index (χ2v) is 2.79. The summed E-state index contributed by atoms with van der Waals surface area (Å²) in [5.74, 6) is 0.826. The Morgan fingerprint density at radius 2 is 2.00 bits per heavy atom. The SMILES string of the molecule is COC(C)=NC1CCCC1. The minimum atomic E-state index is 0.556. The van der Waals surface area contributed by atoms with Crippen LogP contribution in [0.4, 0.5) is 0 Å². The number of aliphatic imine (C=N–C) groups is 1. The van der Waals surface area contributed by atoms with Crippen LogP contribution in [-0.2, 0) is 4.74 Å². The maximum Gasteiger partial charge on any atom is 0.179 e. The quantitative estimate of drug-likeness (QED) is 0.404. The van der Waals surface area contributed by atoms with E-state index in [1.165, 1.54) is 25.7 Å². The highest BCUT2D eigenvalue weighted by molar-refractivity contribution is 5.73. The van der Waals surface area contributed by atoms with Crippen LogP contribution < -0.4 is 0 Å². The van der Waals surface area contributed by atoms with Crippen molar-refractivity contribution in [3.8, 4) is 0 Å². The summed E-state index contributed by atoms with van der Waals surface area (Å²) in [5, 5.41) is 0. The molecule has 0 radical (unpaired) electrons. The molecule has 0 atom stereocenters. The normalized spacial score (nSPS) is 21.6. The van der Waals surface area contributed by atoms with Crippen LogP contribution in [0, 0.1) is 0 Å². The number of nitrogens with zero attached hydrogens (tertiary/aromatic N) is 1. The largest absolute Gasteiger partial charge is 0.484 e. The fourth-order valence-electron chi connectivity index (χ4n) is 1.34. The summed E-state index contributed by atoms with van der Waals surface area (Å²) < 4.78 is 4.96. The van der Waals surface area contributed by atoms with Crippen molar-refractivity contribution in [1.29, 1.82) is 0 Å². The lowest BCUT2D eigenvalue weighted by molar-refractivity contribution is 0.394. The van der Waals surface area contributed by atoms with Crippen LogP contribution in [0.1, 0.15) is 32.6 Å². The number of hydrogen-bond donors (Lipinski definition) is 0. The van der Waals surface area contributed by atoms with E-state index >= 15 is 0 Å². The van der Waals surface area contributed by atoms with Crippen LogP contribution in [0.3, 0.4) is 0 Å². The molecule has 0 aromatic heterocycles. The van der Waals surface area contributed by atoms with Gasteiger partial charge in [0.05, 0.1) is 13.2 Å². The molecule has 0 saturated heterocycles. The topological polar surface area (TPSA) is 21.6 Å². The Labute approximate surface area is 62.3 Å². The van der Waals surface area contributed by atoms with Crippen LogP contribution in [0.15, 0.2) is 4.99 Å². The zero-order valence-corrected chi connectivity index (χ0v) is 6.76. The highest BCUT2D eigenvalue weighted by atomic mass is 16.5. The molecule has 0 N–H and O–H groups in total. The Hall–Kier alpha value is -0.530. The van der Waals surface area contributed by atoms with Crippen molar-refractivity contribution in [3.63, 3.8) is 0 Å². The molecular formula is C8H15NO. The summed E-state index contributed by atoms with van der Waals surface area (Å²) in [6.45, 7) is 1.92. The Kier molecular flexibility index (Phi) is 2.72. The van der Waals surface area contributed by atoms with Crippen LogP contribution in [-0.4, -0.2) is 19.0 Å². The molecule has 0 aliphatic heterocycles. The first kappa shape index (κ1) is 7.58. The minimum absolute atomic E-state index is 0.556. The smallest absolute Gasteiger partial charge is 0.179 e. The van der Waals surface area contributed by atoms with Crippen LogP contribution in [0.25, 0.3) is 0 Å². The van der Waals surface area contributed by atoms with E-state index in [1.807, 2.05) is 6.92 Å². The molecule has 58 valence electrons. The molecule has 0 aromatic carbocycles. The fraction of sp³-hybridized carbons (Fsp3) is 0.875. The summed E-state index contributed by atoms with van der Waals surface area (Å²) in [6.07, 6.45) is 5.18. The molecule has 0 aromatic rings. The van der Waals surface area contributed by atoms with Gasteiger partial charge in [-0.05, 0) is 12.8 Å². The Morgan fingerprint density at radius 3 is 2.50 bits per heavy atom. The second kappa shape index (κ2) is 3.59. The fourth-order valence-corrected chi connectivity index (χ4v) is 1.34. The first-order valence-corrected chi connectivity index (χ1v) is 3.91. The third kappa shape index (κ3) is 2.01. The summed E-state index contributed by atoms with van der Waals surface area (Å²) in [7, 11) is 1.67. The molecule has 1 saturated carbocycles. The first-order valence-electron chi connectivity index (χ1n) is 3.91. The van der Waals surface area contributed by atoms with Gasteiger partial charge in [0.1, 0.15) is 0 Å². The van der Waals surface area contributed by atoms with E-state index in [2.05, 4.69) is 4.99 Å². The van der Waals surface area contributed by atoms with E-state index in [0.29, 0.717) is 6.04 Å². The number of rotatable bonds is 1. The van der Waals surface area contributed by atoms with E-state index in [9.17, 15) is 0 Å². The minimum Gasteiger partial charge on any atom is -0.484 e. The van der Waals surface area contributed by atoms with Gasteiger partial charge < -0.3 is 4.74 Å². The van der Waals surface area contributed by atoms with E-state index in [4.69, 9.17) is 4.74 Å². The average molecular weight is 141 g/mol. The second-order valence-electron chi connectivity index (χ2n) is 2.79. The van der Waals surface area contributed by atoms with E-state index in [0.717, 1.165) is 5.90 Å². The number of ether oxygens (including phenoxy) is 1.